The third kappa shape index (κ3) is 3.43. The summed E-state index contributed by atoms with van der Waals surface area (Å²) >= 11 is 0. The predicted molar refractivity (Wildman–Crippen MR) is 71.1 cm³/mol. The van der Waals surface area contributed by atoms with Crippen molar-refractivity contribution in [3.8, 4) is 0 Å². The van der Waals surface area contributed by atoms with Crippen molar-refractivity contribution in [2.45, 2.75) is 76.0 Å². The zero-order valence-electron chi connectivity index (χ0n) is 11.2. The molecule has 17 heavy (non-hydrogen) atoms. The minimum atomic E-state index is -0.426. The lowest BCUT2D eigenvalue weighted by Crippen LogP contribution is -2.55. The van der Waals surface area contributed by atoms with Gasteiger partial charge in [0.05, 0.1) is 5.60 Å². The fraction of sp³-hybridized carbons (Fsp3) is 1.00. The minimum Gasteiger partial charge on any atom is -0.388 e. The van der Waals surface area contributed by atoms with E-state index >= 15 is 0 Å². The van der Waals surface area contributed by atoms with Crippen LogP contribution in [0, 0.1) is 0 Å². The molecule has 2 fully saturated rings. The number of hydrogen-bond donors (Lipinski definition) is 3. The van der Waals surface area contributed by atoms with Crippen LogP contribution in [0.4, 0.5) is 0 Å². The minimum absolute atomic E-state index is 0.350. The first-order valence-electron chi connectivity index (χ1n) is 7.44. The highest BCUT2D eigenvalue weighted by Gasteiger charge is 2.40. The van der Waals surface area contributed by atoms with Crippen LogP contribution < -0.4 is 10.6 Å². The molecule has 1 saturated carbocycles. The molecule has 3 nitrogen and oxygen atoms in total. The van der Waals surface area contributed by atoms with Crippen molar-refractivity contribution >= 4 is 0 Å². The van der Waals surface area contributed by atoms with Gasteiger partial charge >= 0.3 is 0 Å². The zero-order valence-corrected chi connectivity index (χ0v) is 11.2. The molecule has 2 rings (SSSR count). The fourth-order valence-electron chi connectivity index (χ4n) is 3.33. The Morgan fingerprint density at radius 1 is 1.24 bits per heavy atom. The van der Waals surface area contributed by atoms with Crippen LogP contribution in [0.2, 0.25) is 0 Å². The van der Waals surface area contributed by atoms with Gasteiger partial charge in [0.1, 0.15) is 0 Å². The Morgan fingerprint density at radius 2 is 2.00 bits per heavy atom. The molecule has 2 aliphatic rings. The lowest BCUT2D eigenvalue weighted by atomic mass is 9.75. The molecule has 0 aromatic carbocycles. The first kappa shape index (κ1) is 13.3. The lowest BCUT2D eigenvalue weighted by molar-refractivity contribution is -0.0431. The van der Waals surface area contributed by atoms with Crippen LogP contribution >= 0.6 is 0 Å². The maximum atomic E-state index is 10.7. The molecule has 1 aliphatic carbocycles. The molecule has 1 unspecified atom stereocenters. The molecule has 1 saturated heterocycles. The smallest absolute Gasteiger partial charge is 0.0801 e. The van der Waals surface area contributed by atoms with Gasteiger partial charge in [0.2, 0.25) is 0 Å². The molecular weight excluding hydrogens is 212 g/mol. The van der Waals surface area contributed by atoms with Crippen LogP contribution in [-0.4, -0.2) is 35.9 Å². The monoisotopic (exact) mass is 240 g/mol. The van der Waals surface area contributed by atoms with Crippen molar-refractivity contribution < 1.29 is 5.11 Å². The van der Waals surface area contributed by atoms with E-state index in [0.717, 1.165) is 45.2 Å². The van der Waals surface area contributed by atoms with E-state index in [2.05, 4.69) is 17.6 Å². The van der Waals surface area contributed by atoms with Crippen LogP contribution in [0.15, 0.2) is 0 Å². The number of aliphatic hydroxyl groups is 1. The zero-order chi connectivity index (χ0) is 12.1. The molecule has 0 bridgehead atoms. The maximum Gasteiger partial charge on any atom is 0.0801 e. The van der Waals surface area contributed by atoms with Gasteiger partial charge in [-0.05, 0) is 58.0 Å². The van der Waals surface area contributed by atoms with E-state index in [-0.39, 0.29) is 0 Å². The van der Waals surface area contributed by atoms with Crippen molar-refractivity contribution in [2.24, 2.45) is 0 Å². The summed E-state index contributed by atoms with van der Waals surface area (Å²) in [4.78, 5) is 0. The SMILES string of the molecule is CCCNC1CCC(O)(C2CCCCN2)CC1. The number of nitrogens with one attached hydrogen (secondary N) is 2. The molecule has 3 heteroatoms. The second-order valence-corrected chi connectivity index (χ2v) is 5.83. The first-order chi connectivity index (χ1) is 8.24. The normalized spacial score (nSPS) is 39.2. The average molecular weight is 240 g/mol. The highest BCUT2D eigenvalue weighted by Crippen LogP contribution is 2.34. The molecule has 1 atom stereocenters. The maximum absolute atomic E-state index is 10.7. The molecule has 0 spiro atoms. The van der Waals surface area contributed by atoms with Gasteiger partial charge in [0.25, 0.3) is 0 Å². The van der Waals surface area contributed by atoms with Crippen molar-refractivity contribution in [1.82, 2.24) is 10.6 Å². The van der Waals surface area contributed by atoms with Crippen molar-refractivity contribution in [1.29, 1.82) is 0 Å². The predicted octanol–water partition coefficient (Wildman–Crippen LogP) is 1.80. The summed E-state index contributed by atoms with van der Waals surface area (Å²) in [6.07, 6.45) is 9.10. The summed E-state index contributed by atoms with van der Waals surface area (Å²) in [5.41, 5.74) is -0.426. The highest BCUT2D eigenvalue weighted by molar-refractivity contribution is 4.97. The van der Waals surface area contributed by atoms with Gasteiger partial charge in [-0.25, -0.2) is 0 Å². The van der Waals surface area contributed by atoms with E-state index in [4.69, 9.17) is 0 Å². The van der Waals surface area contributed by atoms with Crippen molar-refractivity contribution in [3.05, 3.63) is 0 Å². The van der Waals surface area contributed by atoms with Crippen molar-refractivity contribution in [3.63, 3.8) is 0 Å². The van der Waals surface area contributed by atoms with Gasteiger partial charge in [-0.3, -0.25) is 0 Å². The number of rotatable bonds is 4. The van der Waals surface area contributed by atoms with Crippen LogP contribution in [0.5, 0.6) is 0 Å². The summed E-state index contributed by atoms with van der Waals surface area (Å²) in [7, 11) is 0. The van der Waals surface area contributed by atoms with E-state index in [0.29, 0.717) is 12.1 Å². The summed E-state index contributed by atoms with van der Waals surface area (Å²) in [6.45, 7) is 4.41. The highest BCUT2D eigenvalue weighted by atomic mass is 16.3. The van der Waals surface area contributed by atoms with Crippen LogP contribution in [0.25, 0.3) is 0 Å². The topological polar surface area (TPSA) is 44.3 Å². The second-order valence-electron chi connectivity index (χ2n) is 5.83. The van der Waals surface area contributed by atoms with Gasteiger partial charge < -0.3 is 15.7 Å². The number of hydrogen-bond acceptors (Lipinski definition) is 3. The Hall–Kier alpha value is -0.120. The Morgan fingerprint density at radius 3 is 2.59 bits per heavy atom. The second kappa shape index (κ2) is 6.17. The average Bonchev–Trinajstić information content (AvgIpc) is 2.39. The lowest BCUT2D eigenvalue weighted by Gasteiger charge is -2.43. The largest absolute Gasteiger partial charge is 0.388 e. The molecule has 0 radical (unpaired) electrons. The molecular formula is C14H28N2O. The Bertz CT molecular complexity index is 218. The van der Waals surface area contributed by atoms with E-state index in [1.54, 1.807) is 0 Å². The fourth-order valence-corrected chi connectivity index (χ4v) is 3.33. The molecule has 1 heterocycles. The van der Waals surface area contributed by atoms with Crippen LogP contribution in [0.3, 0.4) is 0 Å². The Labute approximate surface area is 105 Å². The van der Waals surface area contributed by atoms with E-state index in [1.807, 2.05) is 0 Å². The Kier molecular flexibility index (Phi) is 4.83. The third-order valence-corrected chi connectivity index (χ3v) is 4.49. The number of piperidine rings is 1. The van der Waals surface area contributed by atoms with Gasteiger partial charge in [-0.15, -0.1) is 0 Å². The van der Waals surface area contributed by atoms with Crippen molar-refractivity contribution in [2.75, 3.05) is 13.1 Å². The summed E-state index contributed by atoms with van der Waals surface area (Å²) in [5.74, 6) is 0. The van der Waals surface area contributed by atoms with Gasteiger partial charge in [0, 0.05) is 12.1 Å². The van der Waals surface area contributed by atoms with Gasteiger partial charge in [-0.2, -0.15) is 0 Å². The van der Waals surface area contributed by atoms with E-state index in [1.165, 1.54) is 19.3 Å². The summed E-state index contributed by atoms with van der Waals surface area (Å²) < 4.78 is 0. The van der Waals surface area contributed by atoms with Gasteiger partial charge in [0.15, 0.2) is 0 Å². The van der Waals surface area contributed by atoms with E-state index < -0.39 is 5.60 Å². The van der Waals surface area contributed by atoms with E-state index in [9.17, 15) is 5.11 Å². The molecule has 0 amide bonds. The summed E-state index contributed by atoms with van der Waals surface area (Å²) in [5, 5.41) is 17.8. The summed E-state index contributed by atoms with van der Waals surface area (Å²) in [6, 6.07) is 0.988. The molecule has 1 aliphatic heterocycles. The standard InChI is InChI=1S/C14H28N2O/c1-2-10-15-12-6-8-14(17,9-7-12)13-5-3-4-11-16-13/h12-13,15-17H,2-11H2,1H3. The van der Waals surface area contributed by atoms with Crippen LogP contribution in [-0.2, 0) is 0 Å². The molecule has 100 valence electrons. The first-order valence-corrected chi connectivity index (χ1v) is 7.44. The molecule has 0 aromatic rings. The molecule has 3 N–H and O–H groups in total. The van der Waals surface area contributed by atoms with Crippen LogP contribution in [0.1, 0.15) is 58.3 Å². The molecule has 0 aromatic heterocycles. The third-order valence-electron chi connectivity index (χ3n) is 4.49. The quantitative estimate of drug-likeness (QED) is 0.702. The Balaban J connectivity index is 1.79. The van der Waals surface area contributed by atoms with Gasteiger partial charge in [-0.1, -0.05) is 13.3 Å².